The maximum absolute atomic E-state index is 12.8. The quantitative estimate of drug-likeness (QED) is 0.710. The number of ether oxygens (including phenoxy) is 1. The molecule has 32 heavy (non-hydrogen) atoms. The van der Waals surface area contributed by atoms with Gasteiger partial charge in [-0.1, -0.05) is 12.1 Å². The third-order valence-electron chi connectivity index (χ3n) is 6.36. The zero-order valence-corrected chi connectivity index (χ0v) is 19.2. The number of anilines is 2. The molecule has 3 heterocycles. The molecule has 172 valence electrons. The highest BCUT2D eigenvalue weighted by Gasteiger charge is 2.28. The summed E-state index contributed by atoms with van der Waals surface area (Å²) in [6, 6.07) is 7.90. The molecule has 1 N–H and O–H groups in total. The smallest absolute Gasteiger partial charge is 0.223 e. The van der Waals surface area contributed by atoms with Gasteiger partial charge in [-0.15, -0.1) is 0 Å². The summed E-state index contributed by atoms with van der Waals surface area (Å²) in [5.41, 5.74) is 2.14. The van der Waals surface area contributed by atoms with Crippen LogP contribution in [0.4, 0.5) is 11.5 Å². The van der Waals surface area contributed by atoms with Crippen molar-refractivity contribution in [3.63, 3.8) is 0 Å². The maximum atomic E-state index is 12.8. The van der Waals surface area contributed by atoms with E-state index < -0.39 is 0 Å². The molecule has 2 aliphatic rings. The number of benzene rings is 1. The summed E-state index contributed by atoms with van der Waals surface area (Å²) in [5, 5.41) is 3.11. The predicted octanol–water partition coefficient (Wildman–Crippen LogP) is 2.16. The fourth-order valence-corrected chi connectivity index (χ4v) is 4.43. The number of amides is 1. The molecular weight excluding hydrogens is 404 g/mol. The van der Waals surface area contributed by atoms with Gasteiger partial charge in [-0.3, -0.25) is 4.79 Å². The molecule has 2 aromatic rings. The SMILES string of the molecule is CCOc1cccc(CNC(=O)C2CCN(c3cncnc3N3CCN(C)CC3)CC2)c1. The minimum atomic E-state index is 0.0399. The normalized spacial score (nSPS) is 17.9. The molecule has 2 fully saturated rings. The lowest BCUT2D eigenvalue weighted by Crippen LogP contribution is -2.46. The summed E-state index contributed by atoms with van der Waals surface area (Å²) in [4.78, 5) is 28.7. The van der Waals surface area contributed by atoms with Gasteiger partial charge >= 0.3 is 0 Å². The van der Waals surface area contributed by atoms with Crippen LogP contribution in [0.5, 0.6) is 5.75 Å². The van der Waals surface area contributed by atoms with Gasteiger partial charge in [0.1, 0.15) is 12.1 Å². The molecule has 1 amide bonds. The van der Waals surface area contributed by atoms with Crippen molar-refractivity contribution in [3.05, 3.63) is 42.4 Å². The molecule has 0 unspecified atom stereocenters. The number of aromatic nitrogens is 2. The molecule has 0 spiro atoms. The Bertz CT molecular complexity index is 892. The Kier molecular flexibility index (Phi) is 7.42. The van der Waals surface area contributed by atoms with Crippen LogP contribution in [0.25, 0.3) is 0 Å². The lowest BCUT2D eigenvalue weighted by Gasteiger charge is -2.38. The second-order valence-electron chi connectivity index (χ2n) is 8.58. The third-order valence-corrected chi connectivity index (χ3v) is 6.36. The van der Waals surface area contributed by atoms with Crippen LogP contribution in [-0.2, 0) is 11.3 Å². The van der Waals surface area contributed by atoms with Crippen molar-refractivity contribution in [1.29, 1.82) is 0 Å². The summed E-state index contributed by atoms with van der Waals surface area (Å²) in [6.07, 6.45) is 5.23. The number of carbonyl (C=O) groups excluding carboxylic acids is 1. The number of hydrogen-bond acceptors (Lipinski definition) is 7. The van der Waals surface area contributed by atoms with E-state index in [1.54, 1.807) is 6.33 Å². The van der Waals surface area contributed by atoms with E-state index in [1.165, 1.54) is 0 Å². The lowest BCUT2D eigenvalue weighted by atomic mass is 9.95. The van der Waals surface area contributed by atoms with E-state index in [1.807, 2.05) is 37.4 Å². The molecule has 4 rings (SSSR count). The van der Waals surface area contributed by atoms with E-state index in [0.717, 1.165) is 74.9 Å². The number of nitrogens with zero attached hydrogens (tertiary/aromatic N) is 5. The molecule has 1 aromatic carbocycles. The zero-order valence-electron chi connectivity index (χ0n) is 19.2. The van der Waals surface area contributed by atoms with Gasteiger partial charge in [-0.05, 0) is 44.5 Å². The van der Waals surface area contributed by atoms with E-state index >= 15 is 0 Å². The first kappa shape index (κ1) is 22.3. The van der Waals surface area contributed by atoms with Crippen molar-refractivity contribution < 1.29 is 9.53 Å². The number of nitrogens with one attached hydrogen (secondary N) is 1. The highest BCUT2D eigenvalue weighted by Crippen LogP contribution is 2.30. The molecule has 8 nitrogen and oxygen atoms in total. The predicted molar refractivity (Wildman–Crippen MR) is 126 cm³/mol. The van der Waals surface area contributed by atoms with Gasteiger partial charge < -0.3 is 24.8 Å². The number of piperidine rings is 1. The van der Waals surface area contributed by atoms with Gasteiger partial charge in [-0.2, -0.15) is 0 Å². The Hall–Kier alpha value is -2.87. The summed E-state index contributed by atoms with van der Waals surface area (Å²) in [7, 11) is 2.16. The Morgan fingerprint density at radius 1 is 1.12 bits per heavy atom. The van der Waals surface area contributed by atoms with Crippen LogP contribution in [0.15, 0.2) is 36.8 Å². The molecule has 0 radical (unpaired) electrons. The standard InChI is InChI=1S/C24H34N6O2/c1-3-32-21-6-4-5-19(15-21)16-26-24(31)20-7-9-29(10-8-20)22-17-25-18-27-23(22)30-13-11-28(2)12-14-30/h4-6,15,17-18,20H,3,7-14,16H2,1-2H3,(H,26,31). The topological polar surface area (TPSA) is 73.8 Å². The maximum Gasteiger partial charge on any atom is 0.223 e. The number of likely N-dealkylation sites (N-methyl/N-ethyl adjacent to an activating group) is 1. The summed E-state index contributed by atoms with van der Waals surface area (Å²) in [5.74, 6) is 2.03. The minimum Gasteiger partial charge on any atom is -0.494 e. The lowest BCUT2D eigenvalue weighted by molar-refractivity contribution is -0.125. The average Bonchev–Trinajstić information content (AvgIpc) is 2.84. The van der Waals surface area contributed by atoms with E-state index in [0.29, 0.717) is 13.2 Å². The van der Waals surface area contributed by atoms with Crippen molar-refractivity contribution in [1.82, 2.24) is 20.2 Å². The van der Waals surface area contributed by atoms with Crippen LogP contribution in [-0.4, -0.2) is 73.7 Å². The summed E-state index contributed by atoms with van der Waals surface area (Å²) < 4.78 is 5.55. The van der Waals surface area contributed by atoms with Crippen LogP contribution in [0, 0.1) is 5.92 Å². The zero-order chi connectivity index (χ0) is 22.3. The Balaban J connectivity index is 1.31. The fraction of sp³-hybridized carbons (Fsp3) is 0.542. The molecule has 0 aliphatic carbocycles. The Labute approximate surface area is 190 Å². The van der Waals surface area contributed by atoms with Crippen LogP contribution in [0.3, 0.4) is 0 Å². The van der Waals surface area contributed by atoms with Crippen molar-refractivity contribution in [3.8, 4) is 5.75 Å². The largest absolute Gasteiger partial charge is 0.494 e. The van der Waals surface area contributed by atoms with Crippen LogP contribution < -0.4 is 19.9 Å². The highest BCUT2D eigenvalue weighted by molar-refractivity contribution is 5.79. The van der Waals surface area contributed by atoms with Gasteiger partial charge in [0, 0.05) is 51.7 Å². The van der Waals surface area contributed by atoms with Gasteiger partial charge in [0.2, 0.25) is 5.91 Å². The summed E-state index contributed by atoms with van der Waals surface area (Å²) in [6.45, 7) is 8.85. The monoisotopic (exact) mass is 438 g/mol. The van der Waals surface area contributed by atoms with E-state index in [4.69, 9.17) is 4.74 Å². The molecule has 0 saturated carbocycles. The van der Waals surface area contributed by atoms with Gasteiger partial charge in [0.05, 0.1) is 18.5 Å². The van der Waals surface area contributed by atoms with E-state index in [2.05, 4.69) is 37.0 Å². The number of rotatable bonds is 7. The second-order valence-corrected chi connectivity index (χ2v) is 8.58. The van der Waals surface area contributed by atoms with Gasteiger partial charge in [0.15, 0.2) is 5.82 Å². The second kappa shape index (κ2) is 10.6. The van der Waals surface area contributed by atoms with E-state index in [9.17, 15) is 4.79 Å². The average molecular weight is 439 g/mol. The number of piperazine rings is 1. The first-order valence-electron chi connectivity index (χ1n) is 11.6. The van der Waals surface area contributed by atoms with E-state index in [-0.39, 0.29) is 11.8 Å². The van der Waals surface area contributed by atoms with Crippen molar-refractivity contribution >= 4 is 17.4 Å². The first-order chi connectivity index (χ1) is 15.6. The van der Waals surface area contributed by atoms with Crippen molar-refractivity contribution in [2.24, 2.45) is 5.92 Å². The van der Waals surface area contributed by atoms with Crippen LogP contribution in [0.2, 0.25) is 0 Å². The molecular formula is C24H34N6O2. The van der Waals surface area contributed by atoms with Crippen LogP contribution in [0.1, 0.15) is 25.3 Å². The molecule has 0 atom stereocenters. The number of carbonyl (C=O) groups is 1. The van der Waals surface area contributed by atoms with Crippen molar-refractivity contribution in [2.45, 2.75) is 26.3 Å². The van der Waals surface area contributed by atoms with Gasteiger partial charge in [0.25, 0.3) is 0 Å². The van der Waals surface area contributed by atoms with Crippen molar-refractivity contribution in [2.75, 3.05) is 62.7 Å². The fourth-order valence-electron chi connectivity index (χ4n) is 4.43. The molecule has 2 aliphatic heterocycles. The third kappa shape index (κ3) is 5.48. The van der Waals surface area contributed by atoms with Crippen LogP contribution >= 0.6 is 0 Å². The molecule has 0 bridgehead atoms. The first-order valence-corrected chi connectivity index (χ1v) is 11.6. The molecule has 8 heteroatoms. The highest BCUT2D eigenvalue weighted by atomic mass is 16.5. The minimum absolute atomic E-state index is 0.0399. The molecule has 1 aromatic heterocycles. The molecule has 2 saturated heterocycles. The number of hydrogen-bond donors (Lipinski definition) is 1. The Morgan fingerprint density at radius 2 is 1.91 bits per heavy atom. The Morgan fingerprint density at radius 3 is 2.66 bits per heavy atom. The summed E-state index contributed by atoms with van der Waals surface area (Å²) >= 11 is 0. The van der Waals surface area contributed by atoms with Gasteiger partial charge in [-0.25, -0.2) is 9.97 Å².